The molecule has 5 rings (SSSR count). The first-order valence-electron chi connectivity index (χ1n) is 11.4. The van der Waals surface area contributed by atoms with E-state index in [4.69, 9.17) is 16.3 Å². The molecule has 3 aliphatic rings. The number of nitrogens with zero attached hydrogens (tertiary/aromatic N) is 4. The largest absolute Gasteiger partial charge is 0.381 e. The molecule has 1 amide bonds. The number of carbonyl (C=O) groups is 1. The summed E-state index contributed by atoms with van der Waals surface area (Å²) in [5.41, 5.74) is -0.0683. The summed E-state index contributed by atoms with van der Waals surface area (Å²) in [6, 6.07) is 7.48. The van der Waals surface area contributed by atoms with Crippen LogP contribution in [0, 0.1) is 0 Å². The van der Waals surface area contributed by atoms with E-state index in [-0.39, 0.29) is 31.1 Å². The van der Waals surface area contributed by atoms with E-state index < -0.39 is 15.7 Å². The topological polar surface area (TPSA) is 95.1 Å². The Bertz CT molecular complexity index is 1210. The Labute approximate surface area is 214 Å². The van der Waals surface area contributed by atoms with Crippen molar-refractivity contribution in [1.82, 2.24) is 19.5 Å². The number of ether oxygens (including phenoxy) is 1. The molecule has 1 spiro atoms. The molecule has 0 radical (unpaired) electrons. The molecule has 35 heavy (non-hydrogen) atoms. The fraction of sp³-hybridized carbons (Fsp3) is 0.478. The third-order valence-electron chi connectivity index (χ3n) is 7.02. The Kier molecular flexibility index (Phi) is 6.66. The number of hydrogen-bond donors (Lipinski definition) is 1. The van der Waals surface area contributed by atoms with Gasteiger partial charge in [0.1, 0.15) is 5.66 Å². The lowest BCUT2D eigenvalue weighted by molar-refractivity contribution is -0.144. The molecule has 2 aromatic heterocycles. The van der Waals surface area contributed by atoms with E-state index in [1.807, 2.05) is 12.1 Å². The van der Waals surface area contributed by atoms with Crippen molar-refractivity contribution in [2.24, 2.45) is 0 Å². The smallest absolute Gasteiger partial charge is 0.239 e. The molecule has 188 valence electrons. The molecule has 0 saturated carbocycles. The number of piperidine rings is 1. The van der Waals surface area contributed by atoms with E-state index in [0.717, 1.165) is 41.9 Å². The lowest BCUT2D eigenvalue weighted by Gasteiger charge is -2.45. The fourth-order valence-corrected chi connectivity index (χ4v) is 7.58. The van der Waals surface area contributed by atoms with Crippen molar-refractivity contribution >= 4 is 50.6 Å². The highest BCUT2D eigenvalue weighted by atomic mass is 35.5. The van der Waals surface area contributed by atoms with Crippen molar-refractivity contribution in [2.45, 2.75) is 24.0 Å². The van der Waals surface area contributed by atoms with Gasteiger partial charge in [0.25, 0.3) is 0 Å². The molecular formula is C23H28ClN5O4S2. The fourth-order valence-electron chi connectivity index (χ4n) is 5.36. The predicted molar refractivity (Wildman–Crippen MR) is 137 cm³/mol. The number of anilines is 1. The number of rotatable bonds is 6. The van der Waals surface area contributed by atoms with Gasteiger partial charge in [-0.05, 0) is 43.2 Å². The minimum Gasteiger partial charge on any atom is -0.381 e. The zero-order valence-electron chi connectivity index (χ0n) is 19.4. The molecule has 3 saturated heterocycles. The molecule has 1 unspecified atom stereocenters. The second kappa shape index (κ2) is 9.45. The molecule has 3 fully saturated rings. The molecule has 3 aliphatic heterocycles. The summed E-state index contributed by atoms with van der Waals surface area (Å²) < 4.78 is 33.7. The van der Waals surface area contributed by atoms with Crippen LogP contribution < -0.4 is 10.2 Å². The van der Waals surface area contributed by atoms with Crippen LogP contribution in [-0.2, 0) is 19.6 Å². The van der Waals surface area contributed by atoms with Crippen molar-refractivity contribution in [3.8, 4) is 0 Å². The molecule has 0 aliphatic carbocycles. The minimum absolute atomic E-state index is 0.125. The van der Waals surface area contributed by atoms with Gasteiger partial charge in [0, 0.05) is 60.6 Å². The summed E-state index contributed by atoms with van der Waals surface area (Å²) >= 11 is 7.25. The number of amides is 1. The lowest BCUT2D eigenvalue weighted by atomic mass is 9.88. The third kappa shape index (κ3) is 4.85. The number of halogens is 1. The normalized spacial score (nSPS) is 25.0. The standard InChI is InChI=1S/C23H28ClN5O4S2/c1-33-17-23-16-28(35(31,32)13-6-19-2-3-20(24)34-19)14-21(30)29(23)15-22(26-23)7-11-27(12-8-22)18-4-9-25-10-5-18/h2-6,9-10,13,26H,7-8,11-12,14-17H2,1H3/b13-6+. The Morgan fingerprint density at radius 3 is 2.60 bits per heavy atom. The monoisotopic (exact) mass is 537 g/mol. The molecule has 0 bridgehead atoms. The summed E-state index contributed by atoms with van der Waals surface area (Å²) in [4.78, 5) is 22.2. The van der Waals surface area contributed by atoms with Crippen LogP contribution in [0.25, 0.3) is 6.08 Å². The summed E-state index contributed by atoms with van der Waals surface area (Å²) in [5.74, 6) is -0.217. The van der Waals surface area contributed by atoms with E-state index in [2.05, 4.69) is 15.2 Å². The molecule has 5 heterocycles. The van der Waals surface area contributed by atoms with Crippen LogP contribution >= 0.6 is 22.9 Å². The first kappa shape index (κ1) is 24.7. The van der Waals surface area contributed by atoms with Gasteiger partial charge in [-0.15, -0.1) is 11.3 Å². The molecule has 1 N–H and O–H groups in total. The van der Waals surface area contributed by atoms with Gasteiger partial charge in [0.2, 0.25) is 15.9 Å². The molecule has 1 atom stereocenters. The van der Waals surface area contributed by atoms with Crippen LogP contribution in [-0.4, -0.2) is 86.2 Å². The molecular weight excluding hydrogens is 510 g/mol. The molecule has 2 aromatic rings. The molecule has 0 aromatic carbocycles. The quantitative estimate of drug-likeness (QED) is 0.603. The predicted octanol–water partition coefficient (Wildman–Crippen LogP) is 2.23. The van der Waals surface area contributed by atoms with Gasteiger partial charge in [-0.3, -0.25) is 15.1 Å². The average Bonchev–Trinajstić information content (AvgIpc) is 3.40. The van der Waals surface area contributed by atoms with Gasteiger partial charge >= 0.3 is 0 Å². The highest BCUT2D eigenvalue weighted by Crippen LogP contribution is 2.39. The van der Waals surface area contributed by atoms with Crippen LogP contribution in [0.5, 0.6) is 0 Å². The van der Waals surface area contributed by atoms with Crippen molar-refractivity contribution in [2.75, 3.05) is 51.3 Å². The number of methoxy groups -OCH3 is 1. The Morgan fingerprint density at radius 1 is 1.20 bits per heavy atom. The van der Waals surface area contributed by atoms with E-state index in [1.165, 1.54) is 21.7 Å². The highest BCUT2D eigenvalue weighted by molar-refractivity contribution is 7.92. The van der Waals surface area contributed by atoms with Gasteiger partial charge in [0.05, 0.1) is 24.0 Å². The highest BCUT2D eigenvalue weighted by Gasteiger charge is 2.58. The number of hydrogen-bond acceptors (Lipinski definition) is 8. The molecule has 9 nitrogen and oxygen atoms in total. The maximum atomic E-state index is 13.3. The second-order valence-electron chi connectivity index (χ2n) is 9.30. The first-order valence-corrected chi connectivity index (χ1v) is 14.1. The number of piperazine rings is 1. The number of fused-ring (bicyclic) bond motifs is 1. The number of thiophene rings is 1. The molecule has 12 heteroatoms. The SMILES string of the molecule is COCC12CN(S(=O)(=O)/C=C/c3ccc(Cl)s3)CC(=O)N1CC1(CCN(c3ccncc3)CC1)N2. The van der Waals surface area contributed by atoms with Crippen LogP contribution in [0.3, 0.4) is 0 Å². The average molecular weight is 538 g/mol. The maximum Gasteiger partial charge on any atom is 0.239 e. The summed E-state index contributed by atoms with van der Waals surface area (Å²) in [6.45, 7) is 2.33. The Hall–Kier alpha value is -2.02. The van der Waals surface area contributed by atoms with E-state index in [1.54, 1.807) is 36.5 Å². The van der Waals surface area contributed by atoms with E-state index in [0.29, 0.717) is 10.9 Å². The number of pyridine rings is 1. The third-order valence-corrected chi connectivity index (χ3v) is 9.67. The Balaban J connectivity index is 1.35. The number of carbonyl (C=O) groups excluding carboxylic acids is 1. The zero-order chi connectivity index (χ0) is 24.7. The second-order valence-corrected chi connectivity index (χ2v) is 12.9. The van der Waals surface area contributed by atoms with Gasteiger partial charge in [-0.2, -0.15) is 4.31 Å². The number of aromatic nitrogens is 1. The summed E-state index contributed by atoms with van der Waals surface area (Å²) in [7, 11) is -2.25. The number of sulfonamides is 1. The summed E-state index contributed by atoms with van der Waals surface area (Å²) in [6.07, 6.45) is 6.75. The van der Waals surface area contributed by atoms with E-state index >= 15 is 0 Å². The van der Waals surface area contributed by atoms with E-state index in [9.17, 15) is 13.2 Å². The van der Waals surface area contributed by atoms with Crippen LogP contribution in [0.15, 0.2) is 42.1 Å². The van der Waals surface area contributed by atoms with Crippen LogP contribution in [0.4, 0.5) is 5.69 Å². The zero-order valence-corrected chi connectivity index (χ0v) is 21.8. The van der Waals surface area contributed by atoms with Crippen LogP contribution in [0.2, 0.25) is 4.34 Å². The van der Waals surface area contributed by atoms with Crippen molar-refractivity contribution in [3.05, 3.63) is 51.3 Å². The van der Waals surface area contributed by atoms with Gasteiger partial charge in [0.15, 0.2) is 0 Å². The lowest BCUT2D eigenvalue weighted by Crippen LogP contribution is -2.70. The minimum atomic E-state index is -3.83. The van der Waals surface area contributed by atoms with Crippen LogP contribution in [0.1, 0.15) is 17.7 Å². The van der Waals surface area contributed by atoms with Crippen molar-refractivity contribution in [3.63, 3.8) is 0 Å². The van der Waals surface area contributed by atoms with Gasteiger partial charge < -0.3 is 14.5 Å². The van der Waals surface area contributed by atoms with Gasteiger partial charge in [-0.25, -0.2) is 8.42 Å². The van der Waals surface area contributed by atoms with Crippen molar-refractivity contribution < 1.29 is 17.9 Å². The first-order chi connectivity index (χ1) is 16.7. The van der Waals surface area contributed by atoms with Crippen molar-refractivity contribution in [1.29, 1.82) is 0 Å². The number of nitrogens with one attached hydrogen (secondary N) is 1. The van der Waals surface area contributed by atoms with Gasteiger partial charge in [-0.1, -0.05) is 11.6 Å². The Morgan fingerprint density at radius 2 is 1.94 bits per heavy atom. The maximum absolute atomic E-state index is 13.3. The summed E-state index contributed by atoms with van der Waals surface area (Å²) in [5, 5.41) is 4.85.